The molecule has 0 fully saturated rings. The predicted molar refractivity (Wildman–Crippen MR) is 40.7 cm³/mol. The Bertz CT molecular complexity index is 283. The summed E-state index contributed by atoms with van der Waals surface area (Å²) < 4.78 is 0. The Labute approximate surface area is 60.0 Å². The van der Waals surface area contributed by atoms with Gasteiger partial charge in [-0.15, -0.1) is 0 Å². The van der Waals surface area contributed by atoms with E-state index in [1.54, 1.807) is 6.33 Å². The van der Waals surface area contributed by atoms with Crippen LogP contribution in [0.3, 0.4) is 0 Å². The zero-order valence-electron chi connectivity index (χ0n) is 6.36. The molecule has 0 saturated heterocycles. The minimum atomic E-state index is 0. The first kappa shape index (κ1) is 5.35. The van der Waals surface area contributed by atoms with Crippen molar-refractivity contribution in [1.82, 2.24) is 9.97 Å². The molecule has 0 spiro atoms. The standard InChI is InChI=1S/C8H6N2.H/c1-2-4-8-7(3-1)5-9-6-10-8;/h1-6H;. The second kappa shape index (κ2) is 2.06. The molecule has 2 rings (SSSR count). The quantitative estimate of drug-likeness (QED) is 0.544. The summed E-state index contributed by atoms with van der Waals surface area (Å²) in [6.45, 7) is 0. The van der Waals surface area contributed by atoms with E-state index in [0.29, 0.717) is 0 Å². The topological polar surface area (TPSA) is 25.8 Å². The molecule has 1 aromatic carbocycles. The first-order valence-electron chi connectivity index (χ1n) is 3.11. The lowest BCUT2D eigenvalue weighted by atomic mass is 10.2. The lowest BCUT2D eigenvalue weighted by Crippen LogP contribution is -1.77. The molecule has 0 saturated carbocycles. The van der Waals surface area contributed by atoms with Crippen LogP contribution in [0.15, 0.2) is 36.8 Å². The van der Waals surface area contributed by atoms with Crippen molar-refractivity contribution >= 4 is 10.9 Å². The normalized spacial score (nSPS) is 10.0. The van der Waals surface area contributed by atoms with Crippen molar-refractivity contribution in [1.29, 1.82) is 0 Å². The number of hydrogen-bond acceptors (Lipinski definition) is 2. The Kier molecular flexibility index (Phi) is 1.10. The number of aromatic nitrogens is 2. The smallest absolute Gasteiger partial charge is 0.116 e. The number of benzene rings is 1. The molecule has 0 atom stereocenters. The minimum absolute atomic E-state index is 0. The van der Waals surface area contributed by atoms with E-state index in [1.165, 1.54) is 0 Å². The summed E-state index contributed by atoms with van der Waals surface area (Å²) >= 11 is 0. The molecule has 0 unspecified atom stereocenters. The van der Waals surface area contributed by atoms with Crippen molar-refractivity contribution in [2.24, 2.45) is 0 Å². The van der Waals surface area contributed by atoms with Crippen molar-refractivity contribution in [3.63, 3.8) is 0 Å². The van der Waals surface area contributed by atoms with Gasteiger partial charge in [0.2, 0.25) is 0 Å². The van der Waals surface area contributed by atoms with Crippen molar-refractivity contribution in [3.8, 4) is 0 Å². The van der Waals surface area contributed by atoms with Gasteiger partial charge in [0.1, 0.15) is 6.33 Å². The van der Waals surface area contributed by atoms with E-state index in [2.05, 4.69) is 9.97 Å². The highest BCUT2D eigenvalue weighted by Crippen LogP contribution is 2.06. The molecule has 2 aromatic rings. The summed E-state index contributed by atoms with van der Waals surface area (Å²) in [6, 6.07) is 7.91. The molecule has 1 aromatic heterocycles. The van der Waals surface area contributed by atoms with E-state index < -0.39 is 0 Å². The Morgan fingerprint density at radius 2 is 2.10 bits per heavy atom. The SMILES string of the molecule is [H].c1ccc2ncncc2c1. The molecule has 0 aliphatic heterocycles. The predicted octanol–water partition coefficient (Wildman–Crippen LogP) is 1.74. The van der Waals surface area contributed by atoms with Crippen LogP contribution in [0, 0.1) is 0 Å². The molecule has 0 aliphatic carbocycles. The number of hydrogen-bond donors (Lipinski definition) is 0. The van der Waals surface area contributed by atoms with Crippen molar-refractivity contribution in [2.75, 3.05) is 0 Å². The first-order valence-corrected chi connectivity index (χ1v) is 3.11. The zero-order valence-corrected chi connectivity index (χ0v) is 5.36. The average molecular weight is 131 g/mol. The molecule has 10 heavy (non-hydrogen) atoms. The molecule has 0 N–H and O–H groups in total. The third-order valence-corrected chi connectivity index (χ3v) is 1.41. The van der Waals surface area contributed by atoms with Gasteiger partial charge in [-0.25, -0.2) is 9.97 Å². The van der Waals surface area contributed by atoms with Crippen LogP contribution in [-0.4, -0.2) is 9.97 Å². The molecule has 2 nitrogen and oxygen atoms in total. The summed E-state index contributed by atoms with van der Waals surface area (Å²) in [5.41, 5.74) is 0.998. The molecule has 0 amide bonds. The van der Waals surface area contributed by atoms with Gasteiger partial charge in [-0.05, 0) is 6.07 Å². The fourth-order valence-corrected chi connectivity index (χ4v) is 0.923. The van der Waals surface area contributed by atoms with Gasteiger partial charge in [0.25, 0.3) is 0 Å². The van der Waals surface area contributed by atoms with E-state index >= 15 is 0 Å². The largest absolute Gasteiger partial charge is 0.244 e. The van der Waals surface area contributed by atoms with Gasteiger partial charge in [0.15, 0.2) is 0 Å². The molecule has 1 radical (unpaired) electrons. The number of para-hydroxylation sites is 1. The Balaban J connectivity index is 0.000000605. The summed E-state index contributed by atoms with van der Waals surface area (Å²) in [6.07, 6.45) is 3.37. The van der Waals surface area contributed by atoms with Crippen LogP contribution in [0.25, 0.3) is 10.9 Å². The number of fused-ring (bicyclic) bond motifs is 1. The molecule has 2 heteroatoms. The number of rotatable bonds is 0. The highest BCUT2D eigenvalue weighted by atomic mass is 14.8. The third-order valence-electron chi connectivity index (χ3n) is 1.41. The van der Waals surface area contributed by atoms with Gasteiger partial charge in [0, 0.05) is 13.0 Å². The summed E-state index contributed by atoms with van der Waals surface area (Å²) in [5, 5.41) is 1.09. The Hall–Kier alpha value is -1.44. The van der Waals surface area contributed by atoms with Crippen LogP contribution < -0.4 is 0 Å². The summed E-state index contributed by atoms with van der Waals surface area (Å²) in [5.74, 6) is 0. The molecule has 0 bridgehead atoms. The highest BCUT2D eigenvalue weighted by Gasteiger charge is 1.87. The first-order chi connectivity index (χ1) is 4.97. The van der Waals surface area contributed by atoms with E-state index in [9.17, 15) is 0 Å². The molecular formula is C8H7N2. The lowest BCUT2D eigenvalue weighted by Gasteiger charge is -1.90. The average Bonchev–Trinajstić information content (AvgIpc) is 2.05. The maximum absolute atomic E-state index is 4.07. The maximum Gasteiger partial charge on any atom is 0.116 e. The fraction of sp³-hybridized carbons (Fsp3) is 0. The monoisotopic (exact) mass is 131 g/mol. The second-order valence-corrected chi connectivity index (χ2v) is 2.08. The lowest BCUT2D eigenvalue weighted by molar-refractivity contribution is 1.22. The van der Waals surface area contributed by atoms with Crippen LogP contribution in [0.2, 0.25) is 0 Å². The maximum atomic E-state index is 4.07. The van der Waals surface area contributed by atoms with E-state index in [0.717, 1.165) is 10.9 Å². The van der Waals surface area contributed by atoms with Gasteiger partial charge in [-0.1, -0.05) is 18.2 Å². The van der Waals surface area contributed by atoms with Crippen LogP contribution in [0.1, 0.15) is 1.43 Å². The van der Waals surface area contributed by atoms with E-state index in [1.807, 2.05) is 30.5 Å². The zero-order chi connectivity index (χ0) is 6.81. The van der Waals surface area contributed by atoms with Gasteiger partial charge >= 0.3 is 0 Å². The Morgan fingerprint density at radius 3 is 3.00 bits per heavy atom. The van der Waals surface area contributed by atoms with Crippen LogP contribution in [0.5, 0.6) is 0 Å². The van der Waals surface area contributed by atoms with Crippen molar-refractivity contribution in [2.45, 2.75) is 0 Å². The van der Waals surface area contributed by atoms with Gasteiger partial charge in [-0.2, -0.15) is 0 Å². The van der Waals surface area contributed by atoms with Crippen molar-refractivity contribution in [3.05, 3.63) is 36.8 Å². The highest BCUT2D eigenvalue weighted by molar-refractivity contribution is 5.76. The Morgan fingerprint density at radius 1 is 1.20 bits per heavy atom. The molecular weight excluding hydrogens is 124 g/mol. The fourth-order valence-electron chi connectivity index (χ4n) is 0.923. The van der Waals surface area contributed by atoms with Crippen LogP contribution >= 0.6 is 0 Å². The van der Waals surface area contributed by atoms with Crippen LogP contribution in [0.4, 0.5) is 0 Å². The van der Waals surface area contributed by atoms with Gasteiger partial charge in [0.05, 0.1) is 5.52 Å². The minimum Gasteiger partial charge on any atom is -0.244 e. The third kappa shape index (κ3) is 0.739. The van der Waals surface area contributed by atoms with Crippen LogP contribution in [-0.2, 0) is 0 Å². The summed E-state index contributed by atoms with van der Waals surface area (Å²) in [7, 11) is 0. The number of nitrogens with zero attached hydrogens (tertiary/aromatic N) is 2. The van der Waals surface area contributed by atoms with E-state index in [4.69, 9.17) is 0 Å². The van der Waals surface area contributed by atoms with Gasteiger partial charge in [-0.3, -0.25) is 0 Å². The second-order valence-electron chi connectivity index (χ2n) is 2.08. The van der Waals surface area contributed by atoms with Crippen molar-refractivity contribution < 1.29 is 1.43 Å². The molecule has 0 aliphatic rings. The van der Waals surface area contributed by atoms with E-state index in [-0.39, 0.29) is 1.43 Å². The molecule has 1 heterocycles. The summed E-state index contributed by atoms with van der Waals surface area (Å²) in [4.78, 5) is 7.97. The van der Waals surface area contributed by atoms with Gasteiger partial charge < -0.3 is 0 Å². The molecule has 49 valence electrons.